The Morgan fingerprint density at radius 1 is 1.62 bits per heavy atom. The van der Waals surface area contributed by atoms with Gasteiger partial charge in [0.25, 0.3) is 5.91 Å². The molecule has 0 spiro atoms. The van der Waals surface area contributed by atoms with Crippen LogP contribution in [0.25, 0.3) is 0 Å². The summed E-state index contributed by atoms with van der Waals surface area (Å²) in [7, 11) is 0. The number of rotatable bonds is 4. The molecule has 6 heteroatoms. The van der Waals surface area contributed by atoms with E-state index in [1.54, 1.807) is 19.1 Å². The first-order valence-corrected chi connectivity index (χ1v) is 5.08. The minimum atomic E-state index is -0.468. The van der Waals surface area contributed by atoms with Crippen molar-refractivity contribution >= 4 is 23.4 Å². The molecular formula is C10H12ClN3O2. The number of nitrogens with two attached hydrogens (primary N) is 1. The van der Waals surface area contributed by atoms with Gasteiger partial charge in [-0.05, 0) is 19.1 Å². The minimum absolute atomic E-state index is 0.0869. The number of halogens is 1. The molecule has 16 heavy (non-hydrogen) atoms. The van der Waals surface area contributed by atoms with Gasteiger partial charge in [0, 0.05) is 18.7 Å². The normalized spacial score (nSPS) is 11.9. The number of amides is 2. The van der Waals surface area contributed by atoms with Gasteiger partial charge >= 0.3 is 0 Å². The van der Waals surface area contributed by atoms with E-state index in [4.69, 9.17) is 17.3 Å². The number of primary amides is 1. The molecule has 1 aromatic heterocycles. The van der Waals surface area contributed by atoms with E-state index >= 15 is 0 Å². The topological polar surface area (TPSA) is 85.1 Å². The third kappa shape index (κ3) is 3.51. The Morgan fingerprint density at radius 2 is 2.31 bits per heavy atom. The molecule has 0 fully saturated rings. The van der Waals surface area contributed by atoms with Crippen LogP contribution in [0.3, 0.4) is 0 Å². The van der Waals surface area contributed by atoms with Crippen molar-refractivity contribution in [1.82, 2.24) is 10.3 Å². The first kappa shape index (κ1) is 12.4. The van der Waals surface area contributed by atoms with Crippen molar-refractivity contribution in [2.24, 2.45) is 5.73 Å². The molecule has 0 bridgehead atoms. The average Bonchev–Trinajstić information content (AvgIpc) is 2.16. The maximum atomic E-state index is 11.7. The first-order chi connectivity index (χ1) is 7.50. The number of aromatic nitrogens is 1. The van der Waals surface area contributed by atoms with E-state index < -0.39 is 5.91 Å². The van der Waals surface area contributed by atoms with Gasteiger partial charge in [-0.1, -0.05) is 11.6 Å². The van der Waals surface area contributed by atoms with Crippen LogP contribution in [0.1, 0.15) is 23.7 Å². The van der Waals surface area contributed by atoms with Crippen LogP contribution in [0.4, 0.5) is 0 Å². The van der Waals surface area contributed by atoms with E-state index in [9.17, 15) is 9.59 Å². The number of nitrogens with one attached hydrogen (secondary N) is 1. The fourth-order valence-corrected chi connectivity index (χ4v) is 1.41. The van der Waals surface area contributed by atoms with Crippen LogP contribution in [0.2, 0.25) is 5.15 Å². The highest BCUT2D eigenvalue weighted by molar-refractivity contribution is 6.32. The van der Waals surface area contributed by atoms with Crippen LogP contribution in [0.5, 0.6) is 0 Å². The maximum Gasteiger partial charge on any atom is 0.254 e. The number of nitrogens with zero attached hydrogens (tertiary/aromatic N) is 1. The molecule has 0 saturated carbocycles. The number of carbonyl (C=O) groups is 2. The molecule has 0 aliphatic carbocycles. The van der Waals surface area contributed by atoms with Crippen molar-refractivity contribution in [3.63, 3.8) is 0 Å². The highest BCUT2D eigenvalue weighted by Gasteiger charge is 2.14. The van der Waals surface area contributed by atoms with Gasteiger partial charge in [0.1, 0.15) is 5.15 Å². The average molecular weight is 242 g/mol. The highest BCUT2D eigenvalue weighted by atomic mass is 35.5. The molecule has 1 aromatic rings. The molecule has 86 valence electrons. The SMILES string of the molecule is CC(CC(N)=O)NC(=O)c1cccnc1Cl. The van der Waals surface area contributed by atoms with Crippen LogP contribution in [-0.2, 0) is 4.79 Å². The van der Waals surface area contributed by atoms with Crippen LogP contribution >= 0.6 is 11.6 Å². The van der Waals surface area contributed by atoms with Crippen molar-refractivity contribution in [3.8, 4) is 0 Å². The fourth-order valence-electron chi connectivity index (χ4n) is 1.21. The van der Waals surface area contributed by atoms with E-state index in [1.807, 2.05) is 0 Å². The van der Waals surface area contributed by atoms with E-state index in [-0.39, 0.29) is 29.1 Å². The Labute approximate surface area is 98.0 Å². The first-order valence-electron chi connectivity index (χ1n) is 4.70. The summed E-state index contributed by atoms with van der Waals surface area (Å²) in [4.78, 5) is 26.1. The van der Waals surface area contributed by atoms with E-state index in [0.717, 1.165) is 0 Å². The van der Waals surface area contributed by atoms with Crippen LogP contribution in [0, 0.1) is 0 Å². The molecule has 5 nitrogen and oxygen atoms in total. The second-order valence-corrected chi connectivity index (χ2v) is 3.74. The fraction of sp³-hybridized carbons (Fsp3) is 0.300. The number of pyridine rings is 1. The van der Waals surface area contributed by atoms with Gasteiger partial charge in [-0.2, -0.15) is 0 Å². The number of carbonyl (C=O) groups excluding carboxylic acids is 2. The maximum absolute atomic E-state index is 11.7. The highest BCUT2D eigenvalue weighted by Crippen LogP contribution is 2.11. The van der Waals surface area contributed by atoms with Crippen molar-refractivity contribution in [2.75, 3.05) is 0 Å². The lowest BCUT2D eigenvalue weighted by atomic mass is 10.2. The van der Waals surface area contributed by atoms with Crippen molar-refractivity contribution in [3.05, 3.63) is 29.0 Å². The summed E-state index contributed by atoms with van der Waals surface area (Å²) in [5.74, 6) is -0.836. The minimum Gasteiger partial charge on any atom is -0.370 e. The molecule has 0 saturated heterocycles. The molecule has 3 N–H and O–H groups in total. The zero-order valence-electron chi connectivity index (χ0n) is 8.74. The second-order valence-electron chi connectivity index (χ2n) is 3.39. The second kappa shape index (κ2) is 5.46. The Hall–Kier alpha value is -1.62. The summed E-state index contributed by atoms with van der Waals surface area (Å²) >= 11 is 5.74. The van der Waals surface area contributed by atoms with E-state index in [0.29, 0.717) is 0 Å². The lowest BCUT2D eigenvalue weighted by Gasteiger charge is -2.12. The Balaban J connectivity index is 2.66. The molecule has 0 aliphatic rings. The summed E-state index contributed by atoms with van der Waals surface area (Å²) in [6.45, 7) is 1.69. The van der Waals surface area contributed by atoms with Crippen molar-refractivity contribution in [2.45, 2.75) is 19.4 Å². The van der Waals surface area contributed by atoms with Gasteiger partial charge in [0.05, 0.1) is 5.56 Å². The van der Waals surface area contributed by atoms with Crippen molar-refractivity contribution in [1.29, 1.82) is 0 Å². The Bertz CT molecular complexity index is 409. The lowest BCUT2D eigenvalue weighted by molar-refractivity contribution is -0.118. The van der Waals surface area contributed by atoms with Crippen LogP contribution < -0.4 is 11.1 Å². The largest absolute Gasteiger partial charge is 0.370 e. The monoisotopic (exact) mass is 241 g/mol. The quantitative estimate of drug-likeness (QED) is 0.762. The Morgan fingerprint density at radius 3 is 2.88 bits per heavy atom. The lowest BCUT2D eigenvalue weighted by Crippen LogP contribution is -2.35. The van der Waals surface area contributed by atoms with Gasteiger partial charge in [-0.3, -0.25) is 9.59 Å². The summed E-state index contributed by atoms with van der Waals surface area (Å²) in [6.07, 6.45) is 1.58. The molecule has 1 heterocycles. The van der Waals surface area contributed by atoms with Gasteiger partial charge in [0.2, 0.25) is 5.91 Å². The predicted molar refractivity (Wildman–Crippen MR) is 60.0 cm³/mol. The molecule has 0 aliphatic heterocycles. The van der Waals surface area contributed by atoms with Gasteiger partial charge < -0.3 is 11.1 Å². The number of hydrogen-bond donors (Lipinski definition) is 2. The molecule has 1 rings (SSSR count). The smallest absolute Gasteiger partial charge is 0.254 e. The van der Waals surface area contributed by atoms with Crippen LogP contribution in [-0.4, -0.2) is 22.8 Å². The molecule has 0 radical (unpaired) electrons. The van der Waals surface area contributed by atoms with Gasteiger partial charge in [0.15, 0.2) is 0 Å². The zero-order valence-corrected chi connectivity index (χ0v) is 9.49. The van der Waals surface area contributed by atoms with Crippen LogP contribution in [0.15, 0.2) is 18.3 Å². The molecule has 0 aromatic carbocycles. The van der Waals surface area contributed by atoms with Gasteiger partial charge in [-0.15, -0.1) is 0 Å². The summed E-state index contributed by atoms with van der Waals surface area (Å²) < 4.78 is 0. The predicted octanol–water partition coefficient (Wildman–Crippen LogP) is 0.729. The van der Waals surface area contributed by atoms with Gasteiger partial charge in [-0.25, -0.2) is 4.98 Å². The third-order valence-corrected chi connectivity index (χ3v) is 2.19. The number of hydrogen-bond acceptors (Lipinski definition) is 3. The van der Waals surface area contributed by atoms with E-state index in [1.165, 1.54) is 6.20 Å². The molecule has 1 unspecified atom stereocenters. The Kier molecular flexibility index (Phi) is 4.25. The zero-order chi connectivity index (χ0) is 12.1. The molecule has 1 atom stereocenters. The summed E-state index contributed by atoms with van der Waals surface area (Å²) in [6, 6.07) is 2.84. The summed E-state index contributed by atoms with van der Waals surface area (Å²) in [5.41, 5.74) is 5.29. The van der Waals surface area contributed by atoms with E-state index in [2.05, 4.69) is 10.3 Å². The standard InChI is InChI=1S/C10H12ClN3O2/c1-6(5-8(12)15)14-10(16)7-3-2-4-13-9(7)11/h2-4,6H,5H2,1H3,(H2,12,15)(H,14,16). The summed E-state index contributed by atoms with van der Waals surface area (Å²) in [5, 5.41) is 2.73. The molecular weight excluding hydrogens is 230 g/mol. The molecule has 2 amide bonds. The third-order valence-electron chi connectivity index (χ3n) is 1.89. The van der Waals surface area contributed by atoms with Crippen molar-refractivity contribution < 1.29 is 9.59 Å².